The number of carbonyl (C=O) groups excluding carboxylic acids is 1. The van der Waals surface area contributed by atoms with Crippen LogP contribution in [0.3, 0.4) is 0 Å². The number of hydrogen-bond donors (Lipinski definition) is 1. The Morgan fingerprint density at radius 3 is 2.44 bits per heavy atom. The van der Waals surface area contributed by atoms with Crippen LogP contribution in [0.2, 0.25) is 0 Å². The molecule has 0 heterocycles. The van der Waals surface area contributed by atoms with Crippen molar-refractivity contribution >= 4 is 5.91 Å². The number of methoxy groups -OCH3 is 2. The Kier molecular flexibility index (Phi) is 6.28. The second-order valence-corrected chi connectivity index (χ2v) is 5.87. The third-order valence-electron chi connectivity index (χ3n) is 4.14. The molecule has 0 aliphatic carbocycles. The van der Waals surface area contributed by atoms with Gasteiger partial charge in [0, 0.05) is 6.54 Å². The zero-order chi connectivity index (χ0) is 18.4. The molecule has 5 nitrogen and oxygen atoms in total. The standard InChI is InChI=1S/C20H25NO4/c1-13-7-6-8-17(14(13)2)25-15(3)20(22)21-12-16-9-10-18(23-4)19(11-16)24-5/h6-11,15H,12H2,1-5H3,(H,21,22)/t15-/m0/s1. The normalized spacial score (nSPS) is 11.6. The first-order valence-corrected chi connectivity index (χ1v) is 8.17. The molecule has 0 saturated heterocycles. The molecule has 134 valence electrons. The van der Waals surface area contributed by atoms with Crippen LogP contribution in [-0.2, 0) is 11.3 Å². The fourth-order valence-corrected chi connectivity index (χ4v) is 2.42. The number of amides is 1. The Morgan fingerprint density at radius 2 is 1.76 bits per heavy atom. The Bertz CT molecular complexity index is 742. The van der Waals surface area contributed by atoms with E-state index in [1.54, 1.807) is 21.1 Å². The van der Waals surface area contributed by atoms with Crippen molar-refractivity contribution in [3.63, 3.8) is 0 Å². The summed E-state index contributed by atoms with van der Waals surface area (Å²) in [6.07, 6.45) is -0.583. The molecule has 0 spiro atoms. The molecule has 0 unspecified atom stereocenters. The van der Waals surface area contributed by atoms with Crippen molar-refractivity contribution in [3.05, 3.63) is 53.1 Å². The highest BCUT2D eigenvalue weighted by atomic mass is 16.5. The average molecular weight is 343 g/mol. The third kappa shape index (κ3) is 4.66. The lowest BCUT2D eigenvalue weighted by Crippen LogP contribution is -2.36. The molecular weight excluding hydrogens is 318 g/mol. The molecule has 1 N–H and O–H groups in total. The molecule has 2 aromatic carbocycles. The molecule has 5 heteroatoms. The van der Waals surface area contributed by atoms with E-state index in [1.165, 1.54) is 0 Å². The smallest absolute Gasteiger partial charge is 0.261 e. The number of nitrogens with one attached hydrogen (secondary N) is 1. The Labute approximate surface area is 148 Å². The van der Waals surface area contributed by atoms with Gasteiger partial charge in [-0.15, -0.1) is 0 Å². The number of rotatable bonds is 7. The number of benzene rings is 2. The number of ether oxygens (including phenoxy) is 3. The molecule has 0 bridgehead atoms. The average Bonchev–Trinajstić information content (AvgIpc) is 2.63. The molecule has 0 radical (unpaired) electrons. The van der Waals surface area contributed by atoms with E-state index in [9.17, 15) is 4.79 Å². The first-order valence-electron chi connectivity index (χ1n) is 8.17. The highest BCUT2D eigenvalue weighted by molar-refractivity contribution is 5.80. The van der Waals surface area contributed by atoms with Crippen LogP contribution in [0.25, 0.3) is 0 Å². The van der Waals surface area contributed by atoms with Gasteiger partial charge in [-0.05, 0) is 55.7 Å². The zero-order valence-corrected chi connectivity index (χ0v) is 15.4. The largest absolute Gasteiger partial charge is 0.493 e. The summed E-state index contributed by atoms with van der Waals surface area (Å²) in [5, 5.41) is 2.88. The van der Waals surface area contributed by atoms with Crippen molar-refractivity contribution in [2.24, 2.45) is 0 Å². The monoisotopic (exact) mass is 343 g/mol. The van der Waals surface area contributed by atoms with Crippen molar-refractivity contribution in [2.75, 3.05) is 14.2 Å². The fourth-order valence-electron chi connectivity index (χ4n) is 2.42. The van der Waals surface area contributed by atoms with Crippen molar-refractivity contribution in [1.82, 2.24) is 5.32 Å². The third-order valence-corrected chi connectivity index (χ3v) is 4.14. The lowest BCUT2D eigenvalue weighted by molar-refractivity contribution is -0.127. The van der Waals surface area contributed by atoms with Crippen LogP contribution in [0.1, 0.15) is 23.6 Å². The van der Waals surface area contributed by atoms with Gasteiger partial charge in [-0.3, -0.25) is 4.79 Å². The molecule has 2 rings (SSSR count). The Hall–Kier alpha value is -2.69. The summed E-state index contributed by atoms with van der Waals surface area (Å²) in [4.78, 5) is 12.3. The van der Waals surface area contributed by atoms with Crippen molar-refractivity contribution < 1.29 is 19.0 Å². The Balaban J connectivity index is 1.96. The highest BCUT2D eigenvalue weighted by Gasteiger charge is 2.16. The van der Waals surface area contributed by atoms with Crippen LogP contribution in [-0.4, -0.2) is 26.2 Å². The molecule has 1 amide bonds. The minimum atomic E-state index is -0.583. The number of hydrogen-bond acceptors (Lipinski definition) is 4. The molecule has 2 aromatic rings. The molecule has 25 heavy (non-hydrogen) atoms. The molecule has 0 saturated carbocycles. The van der Waals surface area contributed by atoms with Crippen molar-refractivity contribution in [3.8, 4) is 17.2 Å². The summed E-state index contributed by atoms with van der Waals surface area (Å²) < 4.78 is 16.3. The minimum absolute atomic E-state index is 0.171. The second-order valence-electron chi connectivity index (χ2n) is 5.87. The minimum Gasteiger partial charge on any atom is -0.493 e. The van der Waals surface area contributed by atoms with Gasteiger partial charge in [-0.1, -0.05) is 18.2 Å². The number of aryl methyl sites for hydroxylation is 1. The molecular formula is C20H25NO4. The lowest BCUT2D eigenvalue weighted by Gasteiger charge is -2.17. The van der Waals surface area contributed by atoms with Gasteiger partial charge in [-0.2, -0.15) is 0 Å². The van der Waals surface area contributed by atoms with E-state index in [0.717, 1.165) is 22.4 Å². The van der Waals surface area contributed by atoms with Crippen molar-refractivity contribution in [2.45, 2.75) is 33.4 Å². The molecule has 0 fully saturated rings. The highest BCUT2D eigenvalue weighted by Crippen LogP contribution is 2.27. The predicted molar refractivity (Wildman–Crippen MR) is 97.4 cm³/mol. The maximum atomic E-state index is 12.3. The van der Waals surface area contributed by atoms with Gasteiger partial charge in [0.25, 0.3) is 5.91 Å². The van der Waals surface area contributed by atoms with Crippen molar-refractivity contribution in [1.29, 1.82) is 0 Å². The quantitative estimate of drug-likeness (QED) is 0.837. The first kappa shape index (κ1) is 18.6. The van der Waals surface area contributed by atoms with E-state index in [4.69, 9.17) is 14.2 Å². The van der Waals surface area contributed by atoms with Crippen LogP contribution >= 0.6 is 0 Å². The van der Waals surface area contributed by atoms with Crippen LogP contribution < -0.4 is 19.5 Å². The van der Waals surface area contributed by atoms with Gasteiger partial charge >= 0.3 is 0 Å². The maximum Gasteiger partial charge on any atom is 0.261 e. The Morgan fingerprint density at radius 1 is 1.04 bits per heavy atom. The van der Waals surface area contributed by atoms with Gasteiger partial charge < -0.3 is 19.5 Å². The van der Waals surface area contributed by atoms with E-state index in [0.29, 0.717) is 18.0 Å². The van der Waals surface area contributed by atoms with E-state index in [2.05, 4.69) is 5.32 Å². The van der Waals surface area contributed by atoms with E-state index >= 15 is 0 Å². The van der Waals surface area contributed by atoms with Crippen LogP contribution in [0, 0.1) is 13.8 Å². The van der Waals surface area contributed by atoms with E-state index in [-0.39, 0.29) is 5.91 Å². The van der Waals surface area contributed by atoms with Crippen LogP contribution in [0.15, 0.2) is 36.4 Å². The van der Waals surface area contributed by atoms with Crippen LogP contribution in [0.4, 0.5) is 0 Å². The van der Waals surface area contributed by atoms with Gasteiger partial charge in [0.2, 0.25) is 0 Å². The molecule has 0 aliphatic rings. The summed E-state index contributed by atoms with van der Waals surface area (Å²) in [7, 11) is 3.17. The van der Waals surface area contributed by atoms with Gasteiger partial charge in [0.1, 0.15) is 5.75 Å². The van der Waals surface area contributed by atoms with Gasteiger partial charge in [-0.25, -0.2) is 0 Å². The summed E-state index contributed by atoms with van der Waals surface area (Å²) in [6.45, 7) is 6.13. The summed E-state index contributed by atoms with van der Waals surface area (Å²) in [5.41, 5.74) is 3.10. The van der Waals surface area contributed by atoms with Gasteiger partial charge in [0.05, 0.1) is 14.2 Å². The summed E-state index contributed by atoms with van der Waals surface area (Å²) >= 11 is 0. The van der Waals surface area contributed by atoms with Gasteiger partial charge in [0.15, 0.2) is 17.6 Å². The number of carbonyl (C=O) groups is 1. The summed E-state index contributed by atoms with van der Waals surface area (Å²) in [5.74, 6) is 1.85. The first-order chi connectivity index (χ1) is 12.0. The molecule has 0 aromatic heterocycles. The fraction of sp³-hybridized carbons (Fsp3) is 0.350. The maximum absolute atomic E-state index is 12.3. The zero-order valence-electron chi connectivity index (χ0n) is 15.4. The van der Waals surface area contributed by atoms with E-state index < -0.39 is 6.10 Å². The SMILES string of the molecule is COc1ccc(CNC(=O)[C@H](C)Oc2cccc(C)c2C)cc1OC. The second kappa shape index (κ2) is 8.42. The lowest BCUT2D eigenvalue weighted by atomic mass is 10.1. The molecule has 0 aliphatic heterocycles. The van der Waals surface area contributed by atoms with E-state index in [1.807, 2.05) is 50.2 Å². The summed E-state index contributed by atoms with van der Waals surface area (Å²) in [6, 6.07) is 11.4. The van der Waals surface area contributed by atoms with Crippen LogP contribution in [0.5, 0.6) is 17.2 Å². The predicted octanol–water partition coefficient (Wildman–Crippen LogP) is 3.40. The molecule has 1 atom stereocenters. The topological polar surface area (TPSA) is 56.8 Å².